The van der Waals surface area contributed by atoms with Crippen LogP contribution in [-0.4, -0.2) is 48.4 Å². The molecule has 2 aromatic rings. The third-order valence-corrected chi connectivity index (χ3v) is 5.84. The van der Waals surface area contributed by atoms with Crippen LogP contribution in [0.4, 0.5) is 23.0 Å². The highest BCUT2D eigenvalue weighted by molar-refractivity contribution is 9.10. The molecule has 0 fully saturated rings. The zero-order valence-corrected chi connectivity index (χ0v) is 20.5. The molecule has 4 N–H and O–H groups in total. The van der Waals surface area contributed by atoms with Gasteiger partial charge in [0.1, 0.15) is 23.0 Å². The van der Waals surface area contributed by atoms with Crippen molar-refractivity contribution in [2.24, 2.45) is 5.73 Å². The first-order valence-electron chi connectivity index (χ1n) is 10.1. The number of amides is 3. The van der Waals surface area contributed by atoms with E-state index in [1.807, 2.05) is 14.1 Å². The fraction of sp³-hybridized carbons (Fsp3) is 0.450. The van der Waals surface area contributed by atoms with Crippen molar-refractivity contribution in [2.45, 2.75) is 32.3 Å². The monoisotopic (exact) mass is 551 g/mol. The first kappa shape index (κ1) is 26.9. The number of hydrogen-bond donors (Lipinski definition) is 3. The second-order valence-corrected chi connectivity index (χ2v) is 9.02. The number of anilines is 1. The first-order chi connectivity index (χ1) is 15.6. The Bertz CT molecular complexity index is 990. The standard InChI is InChI=1S/C20H25BrF3N5O3S/c1-29(2)8-6-4-3-5-7-26-20(31)27-19-14(17(25)30)18(28-33-19)32-10-11-13(22)9-12(21)16(24)15(11)23/h9H,3-8,10H2,1-2H3,(H2,25,30)(H2,26,27,31). The van der Waals surface area contributed by atoms with Crippen LogP contribution in [0.15, 0.2) is 10.5 Å². The summed E-state index contributed by atoms with van der Waals surface area (Å²) in [6, 6.07) is 0.195. The lowest BCUT2D eigenvalue weighted by Gasteiger charge is -2.10. The van der Waals surface area contributed by atoms with Gasteiger partial charge in [-0.15, -0.1) is 0 Å². The minimum Gasteiger partial charge on any atom is -0.471 e. The average molecular weight is 552 g/mol. The molecule has 0 saturated heterocycles. The summed E-state index contributed by atoms with van der Waals surface area (Å²) in [6.45, 7) is 0.705. The molecular weight excluding hydrogens is 527 g/mol. The number of unbranched alkanes of at least 4 members (excludes halogenated alkanes) is 3. The number of primary amides is 1. The molecule has 0 unspecified atom stereocenters. The summed E-state index contributed by atoms with van der Waals surface area (Å²) in [5, 5.41) is 5.16. The molecule has 8 nitrogen and oxygen atoms in total. The maximum Gasteiger partial charge on any atom is 0.319 e. The van der Waals surface area contributed by atoms with Crippen molar-refractivity contribution in [3.8, 4) is 5.88 Å². The van der Waals surface area contributed by atoms with E-state index in [-0.39, 0.29) is 20.9 Å². The Labute approximate surface area is 202 Å². The molecule has 1 aromatic carbocycles. The summed E-state index contributed by atoms with van der Waals surface area (Å²) in [6.07, 6.45) is 3.88. The lowest BCUT2D eigenvalue weighted by molar-refractivity contribution is 0.0996. The second kappa shape index (κ2) is 12.8. The molecule has 2 rings (SSSR count). The Hall–Kier alpha value is -2.38. The highest BCUT2D eigenvalue weighted by atomic mass is 79.9. The molecule has 0 spiro atoms. The Balaban J connectivity index is 1.93. The molecule has 0 aliphatic rings. The topological polar surface area (TPSA) is 110 Å². The summed E-state index contributed by atoms with van der Waals surface area (Å²) in [4.78, 5) is 26.1. The number of ether oxygens (including phenoxy) is 1. The fourth-order valence-electron chi connectivity index (χ4n) is 2.81. The van der Waals surface area contributed by atoms with E-state index in [9.17, 15) is 22.8 Å². The molecule has 0 atom stereocenters. The van der Waals surface area contributed by atoms with Gasteiger partial charge in [-0.25, -0.2) is 18.0 Å². The quantitative estimate of drug-likeness (QED) is 0.207. The maximum absolute atomic E-state index is 14.0. The number of aromatic nitrogens is 1. The van der Waals surface area contributed by atoms with Crippen LogP contribution in [-0.2, 0) is 6.61 Å². The Morgan fingerprint density at radius 3 is 2.55 bits per heavy atom. The first-order valence-corrected chi connectivity index (χ1v) is 11.6. The van der Waals surface area contributed by atoms with E-state index in [1.165, 1.54) is 0 Å². The van der Waals surface area contributed by atoms with Crippen molar-refractivity contribution in [2.75, 3.05) is 32.5 Å². The van der Waals surface area contributed by atoms with E-state index >= 15 is 0 Å². The van der Waals surface area contributed by atoms with Crippen LogP contribution < -0.4 is 21.1 Å². The summed E-state index contributed by atoms with van der Waals surface area (Å²) in [5.41, 5.74) is 4.42. The molecule has 0 saturated carbocycles. The van der Waals surface area contributed by atoms with Gasteiger partial charge in [0.2, 0.25) is 5.88 Å². The number of nitrogens with zero attached hydrogens (tertiary/aromatic N) is 2. The fourth-order valence-corrected chi connectivity index (χ4v) is 3.92. The molecule has 13 heteroatoms. The minimum absolute atomic E-state index is 0.0175. The Kier molecular flexibility index (Phi) is 10.4. The molecular formula is C20H25BrF3N5O3S. The molecule has 1 heterocycles. The van der Waals surface area contributed by atoms with Gasteiger partial charge in [0.25, 0.3) is 5.91 Å². The van der Waals surface area contributed by atoms with Crippen LogP contribution in [0.5, 0.6) is 5.88 Å². The molecule has 0 aliphatic carbocycles. The Morgan fingerprint density at radius 1 is 1.18 bits per heavy atom. The van der Waals surface area contributed by atoms with Crippen LogP contribution in [0.3, 0.4) is 0 Å². The summed E-state index contributed by atoms with van der Waals surface area (Å²) in [7, 11) is 4.03. The van der Waals surface area contributed by atoms with Gasteiger partial charge in [-0.05, 0) is 67.0 Å². The van der Waals surface area contributed by atoms with E-state index < -0.39 is 41.6 Å². The van der Waals surface area contributed by atoms with Gasteiger partial charge in [-0.2, -0.15) is 4.37 Å². The zero-order valence-electron chi connectivity index (χ0n) is 18.1. The van der Waals surface area contributed by atoms with Crippen molar-refractivity contribution in [1.82, 2.24) is 14.6 Å². The van der Waals surface area contributed by atoms with Crippen molar-refractivity contribution in [3.05, 3.63) is 39.1 Å². The molecule has 0 bridgehead atoms. The summed E-state index contributed by atoms with van der Waals surface area (Å²) < 4.78 is 50.4. The third kappa shape index (κ3) is 7.86. The molecule has 1 aromatic heterocycles. The number of carbonyl (C=O) groups is 2. The zero-order chi connectivity index (χ0) is 24.5. The highest BCUT2D eigenvalue weighted by Crippen LogP contribution is 2.32. The number of nitrogens with two attached hydrogens (primary N) is 1. The van der Waals surface area contributed by atoms with Gasteiger partial charge >= 0.3 is 6.03 Å². The van der Waals surface area contributed by atoms with E-state index in [0.29, 0.717) is 18.1 Å². The molecule has 182 valence electrons. The maximum atomic E-state index is 14.0. The van der Waals surface area contributed by atoms with E-state index in [0.717, 1.165) is 38.3 Å². The van der Waals surface area contributed by atoms with Crippen LogP contribution in [0.2, 0.25) is 0 Å². The molecule has 0 aliphatic heterocycles. The smallest absolute Gasteiger partial charge is 0.319 e. The molecule has 3 amide bonds. The molecule has 33 heavy (non-hydrogen) atoms. The lowest BCUT2D eigenvalue weighted by Crippen LogP contribution is -2.30. The number of benzene rings is 1. The predicted molar refractivity (Wildman–Crippen MR) is 123 cm³/mol. The van der Waals surface area contributed by atoms with Gasteiger partial charge in [-0.1, -0.05) is 12.8 Å². The normalized spacial score (nSPS) is 11.0. The van der Waals surface area contributed by atoms with Gasteiger partial charge in [-0.3, -0.25) is 10.1 Å². The van der Waals surface area contributed by atoms with E-state index in [2.05, 4.69) is 35.8 Å². The van der Waals surface area contributed by atoms with Gasteiger partial charge in [0, 0.05) is 6.54 Å². The summed E-state index contributed by atoms with van der Waals surface area (Å²) in [5.74, 6) is -5.04. The number of halogens is 4. The van der Waals surface area contributed by atoms with Crippen molar-refractivity contribution >= 4 is 44.4 Å². The Morgan fingerprint density at radius 2 is 1.88 bits per heavy atom. The van der Waals surface area contributed by atoms with Gasteiger partial charge in [0.15, 0.2) is 11.6 Å². The number of hydrogen-bond acceptors (Lipinski definition) is 6. The number of carbonyl (C=O) groups excluding carboxylic acids is 2. The van der Waals surface area contributed by atoms with Crippen LogP contribution in [0.1, 0.15) is 41.6 Å². The number of rotatable bonds is 12. The van der Waals surface area contributed by atoms with Gasteiger partial charge < -0.3 is 20.7 Å². The summed E-state index contributed by atoms with van der Waals surface area (Å²) >= 11 is 3.42. The number of nitrogens with one attached hydrogen (secondary N) is 2. The SMILES string of the molecule is CN(C)CCCCCCNC(=O)Nc1snc(OCc2c(F)cc(Br)c(F)c2F)c1C(N)=O. The van der Waals surface area contributed by atoms with E-state index in [1.54, 1.807) is 0 Å². The van der Waals surface area contributed by atoms with Crippen LogP contribution in [0.25, 0.3) is 0 Å². The van der Waals surface area contributed by atoms with Crippen molar-refractivity contribution < 1.29 is 27.5 Å². The van der Waals surface area contributed by atoms with E-state index in [4.69, 9.17) is 10.5 Å². The lowest BCUT2D eigenvalue weighted by atomic mass is 10.2. The third-order valence-electron chi connectivity index (χ3n) is 4.51. The van der Waals surface area contributed by atoms with Gasteiger partial charge in [0.05, 0.1) is 10.0 Å². The van der Waals surface area contributed by atoms with Crippen molar-refractivity contribution in [3.63, 3.8) is 0 Å². The number of urea groups is 1. The van der Waals surface area contributed by atoms with Crippen molar-refractivity contribution in [1.29, 1.82) is 0 Å². The second-order valence-electron chi connectivity index (χ2n) is 7.39. The molecule has 0 radical (unpaired) electrons. The van der Waals surface area contributed by atoms with Crippen LogP contribution >= 0.6 is 27.5 Å². The largest absolute Gasteiger partial charge is 0.471 e. The van der Waals surface area contributed by atoms with Crippen LogP contribution in [0, 0.1) is 17.5 Å². The average Bonchev–Trinajstić information content (AvgIpc) is 3.13. The minimum atomic E-state index is -1.43. The highest BCUT2D eigenvalue weighted by Gasteiger charge is 2.24. The predicted octanol–water partition coefficient (Wildman–Crippen LogP) is 4.24.